The Labute approximate surface area is 118 Å². The van der Waals surface area contributed by atoms with Crippen LogP contribution in [0, 0.1) is 0 Å². The van der Waals surface area contributed by atoms with Gasteiger partial charge in [-0.25, -0.2) is 0 Å². The number of carbonyl (C=O) groups is 1. The molecule has 0 saturated carbocycles. The molecule has 0 aliphatic heterocycles. The SMILES string of the molecule is O=C1CCc2cc(Cc3ccccc3)c(Cl)cc2C1. The van der Waals surface area contributed by atoms with E-state index in [2.05, 4.69) is 18.2 Å². The van der Waals surface area contributed by atoms with Gasteiger partial charge in [0.2, 0.25) is 0 Å². The predicted molar refractivity (Wildman–Crippen MR) is 77.7 cm³/mol. The molecule has 2 aromatic carbocycles. The molecule has 0 aromatic heterocycles. The quantitative estimate of drug-likeness (QED) is 0.806. The van der Waals surface area contributed by atoms with Crippen LogP contribution in [0.2, 0.25) is 5.02 Å². The molecule has 0 unspecified atom stereocenters. The van der Waals surface area contributed by atoms with Crippen LogP contribution in [-0.2, 0) is 24.1 Å². The fourth-order valence-electron chi connectivity index (χ4n) is 2.63. The minimum atomic E-state index is 0.319. The van der Waals surface area contributed by atoms with Crippen molar-refractivity contribution in [3.05, 3.63) is 69.7 Å². The second kappa shape index (κ2) is 5.18. The molecule has 0 N–H and O–H groups in total. The van der Waals surface area contributed by atoms with E-state index in [1.54, 1.807) is 0 Å². The Balaban J connectivity index is 1.93. The highest BCUT2D eigenvalue weighted by molar-refractivity contribution is 6.31. The molecule has 3 rings (SSSR count). The van der Waals surface area contributed by atoms with Crippen LogP contribution in [0.3, 0.4) is 0 Å². The predicted octanol–water partition coefficient (Wildman–Crippen LogP) is 3.99. The van der Waals surface area contributed by atoms with E-state index in [0.717, 1.165) is 29.0 Å². The standard InChI is InChI=1S/C17H15ClO/c18-17-11-14-10-16(19)7-6-13(14)9-15(17)8-12-4-2-1-3-5-12/h1-5,9,11H,6-8,10H2. The van der Waals surface area contributed by atoms with Crippen LogP contribution in [0.1, 0.15) is 28.7 Å². The normalized spacial score (nSPS) is 14.3. The monoisotopic (exact) mass is 270 g/mol. The van der Waals surface area contributed by atoms with Gasteiger partial charge in [-0.1, -0.05) is 48.0 Å². The summed E-state index contributed by atoms with van der Waals surface area (Å²) in [4.78, 5) is 11.5. The molecule has 0 saturated heterocycles. The zero-order chi connectivity index (χ0) is 13.2. The van der Waals surface area contributed by atoms with Crippen LogP contribution < -0.4 is 0 Å². The van der Waals surface area contributed by atoms with Crippen molar-refractivity contribution in [2.24, 2.45) is 0 Å². The summed E-state index contributed by atoms with van der Waals surface area (Å²) in [6.45, 7) is 0. The van der Waals surface area contributed by atoms with Gasteiger partial charge in [-0.2, -0.15) is 0 Å². The Bertz CT molecular complexity index is 617. The maximum atomic E-state index is 11.5. The third kappa shape index (κ3) is 2.71. The van der Waals surface area contributed by atoms with Crippen molar-refractivity contribution < 1.29 is 4.79 Å². The highest BCUT2D eigenvalue weighted by atomic mass is 35.5. The number of ketones is 1. The summed E-state index contributed by atoms with van der Waals surface area (Å²) in [7, 11) is 0. The zero-order valence-electron chi connectivity index (χ0n) is 10.7. The van der Waals surface area contributed by atoms with E-state index in [1.165, 1.54) is 11.1 Å². The van der Waals surface area contributed by atoms with Gasteiger partial charge in [0.25, 0.3) is 0 Å². The van der Waals surface area contributed by atoms with E-state index < -0.39 is 0 Å². The van der Waals surface area contributed by atoms with Crippen molar-refractivity contribution in [1.82, 2.24) is 0 Å². The van der Waals surface area contributed by atoms with Gasteiger partial charge in [0.05, 0.1) is 0 Å². The van der Waals surface area contributed by atoms with Crippen molar-refractivity contribution in [2.45, 2.75) is 25.7 Å². The maximum Gasteiger partial charge on any atom is 0.137 e. The summed E-state index contributed by atoms with van der Waals surface area (Å²) in [6, 6.07) is 14.5. The van der Waals surface area contributed by atoms with E-state index in [0.29, 0.717) is 18.6 Å². The third-order valence-corrected chi connectivity index (χ3v) is 4.02. The Morgan fingerprint density at radius 1 is 1.00 bits per heavy atom. The topological polar surface area (TPSA) is 17.1 Å². The maximum absolute atomic E-state index is 11.5. The number of carbonyl (C=O) groups excluding carboxylic acids is 1. The number of aryl methyl sites for hydroxylation is 1. The van der Waals surface area contributed by atoms with Crippen LogP contribution in [0.5, 0.6) is 0 Å². The van der Waals surface area contributed by atoms with Crippen LogP contribution in [-0.4, -0.2) is 5.78 Å². The molecule has 0 heterocycles. The number of Topliss-reactive ketones (excluding diaryl/α,β-unsaturated/α-hetero) is 1. The molecule has 96 valence electrons. The first kappa shape index (κ1) is 12.4. The highest BCUT2D eigenvalue weighted by Crippen LogP contribution is 2.28. The summed E-state index contributed by atoms with van der Waals surface area (Å²) in [6.07, 6.45) is 2.91. The molecule has 0 radical (unpaired) electrons. The Morgan fingerprint density at radius 3 is 2.58 bits per heavy atom. The molecule has 0 spiro atoms. The highest BCUT2D eigenvalue weighted by Gasteiger charge is 2.17. The molecule has 0 fully saturated rings. The molecule has 2 heteroatoms. The van der Waals surface area contributed by atoms with Crippen LogP contribution in [0.4, 0.5) is 0 Å². The van der Waals surface area contributed by atoms with Crippen molar-refractivity contribution in [3.63, 3.8) is 0 Å². The van der Waals surface area contributed by atoms with E-state index >= 15 is 0 Å². The zero-order valence-corrected chi connectivity index (χ0v) is 11.4. The number of hydrogen-bond donors (Lipinski definition) is 0. The van der Waals surface area contributed by atoms with Crippen molar-refractivity contribution in [3.8, 4) is 0 Å². The van der Waals surface area contributed by atoms with E-state index in [-0.39, 0.29) is 0 Å². The Hall–Kier alpha value is -1.60. The average Bonchev–Trinajstić information content (AvgIpc) is 2.41. The lowest BCUT2D eigenvalue weighted by atomic mass is 9.88. The first-order valence-electron chi connectivity index (χ1n) is 6.58. The van der Waals surface area contributed by atoms with Gasteiger partial charge in [0, 0.05) is 17.9 Å². The van der Waals surface area contributed by atoms with Crippen LogP contribution in [0.15, 0.2) is 42.5 Å². The molecule has 1 aliphatic rings. The average molecular weight is 271 g/mol. The second-order valence-corrected chi connectivity index (χ2v) is 5.50. The fraction of sp³-hybridized carbons (Fsp3) is 0.235. The summed E-state index contributed by atoms with van der Waals surface area (Å²) >= 11 is 6.35. The summed E-state index contributed by atoms with van der Waals surface area (Å²) < 4.78 is 0. The second-order valence-electron chi connectivity index (χ2n) is 5.09. The number of benzene rings is 2. The first-order chi connectivity index (χ1) is 9.22. The van der Waals surface area contributed by atoms with Gasteiger partial charge in [0.1, 0.15) is 5.78 Å². The lowest BCUT2D eigenvalue weighted by Gasteiger charge is -2.17. The third-order valence-electron chi connectivity index (χ3n) is 3.67. The number of halogens is 1. The minimum Gasteiger partial charge on any atom is -0.299 e. The molecular weight excluding hydrogens is 256 g/mol. The summed E-state index contributed by atoms with van der Waals surface area (Å²) in [5.41, 5.74) is 4.81. The number of fused-ring (bicyclic) bond motifs is 1. The molecule has 19 heavy (non-hydrogen) atoms. The molecule has 0 bridgehead atoms. The van der Waals surface area contributed by atoms with Crippen molar-refractivity contribution in [1.29, 1.82) is 0 Å². The van der Waals surface area contributed by atoms with Gasteiger partial charge in [-0.3, -0.25) is 4.79 Å². The van der Waals surface area contributed by atoms with Gasteiger partial charge in [-0.05, 0) is 41.2 Å². The molecule has 1 nitrogen and oxygen atoms in total. The largest absolute Gasteiger partial charge is 0.299 e. The summed E-state index contributed by atoms with van der Waals surface area (Å²) in [5, 5.41) is 0.775. The Morgan fingerprint density at radius 2 is 1.79 bits per heavy atom. The smallest absolute Gasteiger partial charge is 0.137 e. The molecule has 1 aliphatic carbocycles. The van der Waals surface area contributed by atoms with Crippen molar-refractivity contribution in [2.75, 3.05) is 0 Å². The van der Waals surface area contributed by atoms with E-state index in [4.69, 9.17) is 11.6 Å². The first-order valence-corrected chi connectivity index (χ1v) is 6.96. The number of hydrogen-bond acceptors (Lipinski definition) is 1. The van der Waals surface area contributed by atoms with E-state index in [9.17, 15) is 4.79 Å². The van der Waals surface area contributed by atoms with E-state index in [1.807, 2.05) is 24.3 Å². The number of rotatable bonds is 2. The molecule has 2 aromatic rings. The van der Waals surface area contributed by atoms with Crippen LogP contribution >= 0.6 is 11.6 Å². The van der Waals surface area contributed by atoms with Crippen molar-refractivity contribution >= 4 is 17.4 Å². The van der Waals surface area contributed by atoms with Gasteiger partial charge in [-0.15, -0.1) is 0 Å². The van der Waals surface area contributed by atoms with Gasteiger partial charge < -0.3 is 0 Å². The fourth-order valence-corrected chi connectivity index (χ4v) is 2.89. The molecular formula is C17H15ClO. The minimum absolute atomic E-state index is 0.319. The summed E-state index contributed by atoms with van der Waals surface area (Å²) in [5.74, 6) is 0.319. The lowest BCUT2D eigenvalue weighted by molar-refractivity contribution is -0.118. The van der Waals surface area contributed by atoms with Crippen LogP contribution in [0.25, 0.3) is 0 Å². The molecule has 0 atom stereocenters. The van der Waals surface area contributed by atoms with Gasteiger partial charge >= 0.3 is 0 Å². The lowest BCUT2D eigenvalue weighted by Crippen LogP contribution is -2.13. The van der Waals surface area contributed by atoms with Gasteiger partial charge in [0.15, 0.2) is 0 Å². The Kier molecular flexibility index (Phi) is 3.39. The molecule has 0 amide bonds.